The molecule has 0 radical (unpaired) electrons. The highest BCUT2D eigenvalue weighted by Crippen LogP contribution is 2.24. The summed E-state index contributed by atoms with van der Waals surface area (Å²) in [6.07, 6.45) is 0.989. The molecule has 0 aliphatic carbocycles. The van der Waals surface area contributed by atoms with E-state index < -0.39 is 0 Å². The number of hydrogen-bond donors (Lipinski definition) is 1. The van der Waals surface area contributed by atoms with E-state index in [1.807, 2.05) is 18.7 Å². The van der Waals surface area contributed by atoms with Crippen molar-refractivity contribution in [1.82, 2.24) is 19.3 Å². The van der Waals surface area contributed by atoms with E-state index in [0.717, 1.165) is 28.0 Å². The summed E-state index contributed by atoms with van der Waals surface area (Å²) in [4.78, 5) is 4.65. The normalized spacial score (nSPS) is 13.2. The minimum atomic E-state index is 0.315. The Morgan fingerprint density at radius 1 is 1.53 bits per heavy atom. The summed E-state index contributed by atoms with van der Waals surface area (Å²) in [7, 11) is 1.96. The molecule has 19 heavy (non-hydrogen) atoms. The van der Waals surface area contributed by atoms with Crippen LogP contribution in [-0.2, 0) is 13.5 Å². The van der Waals surface area contributed by atoms with E-state index in [0.29, 0.717) is 6.04 Å². The Kier molecular flexibility index (Phi) is 3.06. The van der Waals surface area contributed by atoms with Gasteiger partial charge in [0.2, 0.25) is 0 Å². The zero-order valence-corrected chi connectivity index (χ0v) is 12.8. The van der Waals surface area contributed by atoms with E-state index >= 15 is 0 Å². The largest absolute Gasteiger partial charge is 0.328 e. The lowest BCUT2D eigenvalue weighted by molar-refractivity contribution is 0.542. The molecular formula is C13H16N4S2. The molecule has 100 valence electrons. The van der Waals surface area contributed by atoms with E-state index in [1.165, 1.54) is 4.88 Å². The predicted molar refractivity (Wildman–Crippen MR) is 81.4 cm³/mol. The van der Waals surface area contributed by atoms with Crippen molar-refractivity contribution in [3.8, 4) is 0 Å². The molecule has 0 aromatic carbocycles. The summed E-state index contributed by atoms with van der Waals surface area (Å²) < 4.78 is 4.85. The molecule has 4 nitrogen and oxygen atoms in total. The third-order valence-corrected chi connectivity index (χ3v) is 4.59. The molecule has 3 aromatic rings. The Morgan fingerprint density at radius 3 is 3.00 bits per heavy atom. The first-order valence-corrected chi connectivity index (χ1v) is 7.53. The van der Waals surface area contributed by atoms with Crippen molar-refractivity contribution >= 4 is 34.7 Å². The molecule has 0 aliphatic rings. The van der Waals surface area contributed by atoms with Crippen LogP contribution in [0.2, 0.25) is 0 Å². The van der Waals surface area contributed by atoms with Crippen LogP contribution in [0.3, 0.4) is 0 Å². The van der Waals surface area contributed by atoms with Crippen molar-refractivity contribution in [2.75, 3.05) is 0 Å². The maximum atomic E-state index is 5.47. The van der Waals surface area contributed by atoms with Crippen LogP contribution in [0.1, 0.15) is 23.5 Å². The molecule has 0 bridgehead atoms. The van der Waals surface area contributed by atoms with Crippen LogP contribution in [0.5, 0.6) is 0 Å². The van der Waals surface area contributed by atoms with Gasteiger partial charge in [-0.05, 0) is 37.5 Å². The van der Waals surface area contributed by atoms with Gasteiger partial charge in [0.15, 0.2) is 10.4 Å². The SMILES string of the molecule is Cc1nn(C)c2c1[nH]c(=S)n2C(C)Cc1cccs1. The average Bonchev–Trinajstić information content (AvgIpc) is 3.00. The fourth-order valence-corrected chi connectivity index (χ4v) is 3.75. The number of H-pyrrole nitrogens is 1. The molecule has 0 amide bonds. The first-order chi connectivity index (χ1) is 9.08. The summed E-state index contributed by atoms with van der Waals surface area (Å²) in [5.41, 5.74) is 3.11. The Labute approximate surface area is 120 Å². The lowest BCUT2D eigenvalue weighted by atomic mass is 10.2. The monoisotopic (exact) mass is 292 g/mol. The lowest BCUT2D eigenvalue weighted by Crippen LogP contribution is -2.10. The lowest BCUT2D eigenvalue weighted by Gasteiger charge is -2.13. The number of aromatic amines is 1. The predicted octanol–water partition coefficient (Wildman–Crippen LogP) is 3.61. The molecule has 0 saturated carbocycles. The van der Waals surface area contributed by atoms with E-state index in [4.69, 9.17) is 12.2 Å². The van der Waals surface area contributed by atoms with Gasteiger partial charge in [-0.15, -0.1) is 11.3 Å². The van der Waals surface area contributed by atoms with Crippen LogP contribution >= 0.6 is 23.6 Å². The third-order valence-electron chi connectivity index (χ3n) is 3.39. The molecular weight excluding hydrogens is 276 g/mol. The molecule has 0 saturated heterocycles. The maximum absolute atomic E-state index is 5.47. The van der Waals surface area contributed by atoms with Gasteiger partial charge in [-0.2, -0.15) is 5.10 Å². The maximum Gasteiger partial charge on any atom is 0.179 e. The van der Waals surface area contributed by atoms with Gasteiger partial charge >= 0.3 is 0 Å². The highest BCUT2D eigenvalue weighted by Gasteiger charge is 2.17. The zero-order valence-electron chi connectivity index (χ0n) is 11.2. The highest BCUT2D eigenvalue weighted by atomic mass is 32.1. The minimum absolute atomic E-state index is 0.315. The minimum Gasteiger partial charge on any atom is -0.328 e. The fraction of sp³-hybridized carbons (Fsp3) is 0.385. The Bertz CT molecular complexity index is 761. The van der Waals surface area contributed by atoms with Gasteiger partial charge in [0, 0.05) is 24.4 Å². The van der Waals surface area contributed by atoms with Crippen LogP contribution in [-0.4, -0.2) is 19.3 Å². The summed E-state index contributed by atoms with van der Waals surface area (Å²) >= 11 is 7.26. The molecule has 1 atom stereocenters. The summed E-state index contributed by atoms with van der Waals surface area (Å²) in [5, 5.41) is 6.57. The fourth-order valence-electron chi connectivity index (χ4n) is 2.55. The number of imidazole rings is 1. The van der Waals surface area contributed by atoms with E-state index in [-0.39, 0.29) is 0 Å². The molecule has 0 fully saturated rings. The third kappa shape index (κ3) is 2.04. The Balaban J connectivity index is 2.09. The topological polar surface area (TPSA) is 38.5 Å². The van der Waals surface area contributed by atoms with Gasteiger partial charge in [0.25, 0.3) is 0 Å². The smallest absolute Gasteiger partial charge is 0.179 e. The quantitative estimate of drug-likeness (QED) is 0.749. The van der Waals surface area contributed by atoms with Crippen LogP contribution in [0, 0.1) is 11.7 Å². The van der Waals surface area contributed by atoms with Crippen LogP contribution < -0.4 is 0 Å². The van der Waals surface area contributed by atoms with Crippen molar-refractivity contribution < 1.29 is 0 Å². The number of nitrogens with zero attached hydrogens (tertiary/aromatic N) is 3. The number of fused-ring (bicyclic) bond motifs is 1. The molecule has 1 N–H and O–H groups in total. The molecule has 6 heteroatoms. The van der Waals surface area contributed by atoms with Gasteiger partial charge in [-0.1, -0.05) is 6.07 Å². The van der Waals surface area contributed by atoms with Crippen molar-refractivity contribution in [2.45, 2.75) is 26.3 Å². The summed E-state index contributed by atoms with van der Waals surface area (Å²) in [6, 6.07) is 4.57. The van der Waals surface area contributed by atoms with Crippen molar-refractivity contribution in [2.24, 2.45) is 7.05 Å². The second-order valence-corrected chi connectivity index (χ2v) is 6.26. The molecule has 3 heterocycles. The first-order valence-electron chi connectivity index (χ1n) is 6.24. The van der Waals surface area contributed by atoms with Crippen molar-refractivity contribution in [1.29, 1.82) is 0 Å². The number of aryl methyl sites for hydroxylation is 2. The summed E-state index contributed by atoms with van der Waals surface area (Å²) in [6.45, 7) is 4.20. The van der Waals surface area contributed by atoms with E-state index in [2.05, 4.69) is 39.1 Å². The van der Waals surface area contributed by atoms with Gasteiger partial charge in [-0.3, -0.25) is 9.25 Å². The number of rotatable bonds is 3. The van der Waals surface area contributed by atoms with Crippen LogP contribution in [0.15, 0.2) is 17.5 Å². The van der Waals surface area contributed by atoms with E-state index in [1.54, 1.807) is 11.3 Å². The number of thiophene rings is 1. The number of nitrogens with one attached hydrogen (secondary N) is 1. The molecule has 1 unspecified atom stereocenters. The van der Waals surface area contributed by atoms with Crippen LogP contribution in [0.4, 0.5) is 0 Å². The second kappa shape index (κ2) is 4.61. The first kappa shape index (κ1) is 12.6. The molecule has 0 spiro atoms. The second-order valence-electron chi connectivity index (χ2n) is 4.84. The zero-order chi connectivity index (χ0) is 13.6. The van der Waals surface area contributed by atoms with Crippen molar-refractivity contribution in [3.63, 3.8) is 0 Å². The Hall–Kier alpha value is -1.40. The average molecular weight is 292 g/mol. The summed E-state index contributed by atoms with van der Waals surface area (Å²) in [5.74, 6) is 0. The number of aromatic nitrogens is 4. The van der Waals surface area contributed by atoms with Gasteiger partial charge < -0.3 is 4.98 Å². The Morgan fingerprint density at radius 2 is 2.32 bits per heavy atom. The molecule has 0 aliphatic heterocycles. The van der Waals surface area contributed by atoms with Gasteiger partial charge in [-0.25, -0.2) is 0 Å². The van der Waals surface area contributed by atoms with Gasteiger partial charge in [0.1, 0.15) is 5.52 Å². The van der Waals surface area contributed by atoms with Crippen molar-refractivity contribution in [3.05, 3.63) is 32.9 Å². The standard InChI is InChI=1S/C13H16N4S2/c1-8(7-10-5-4-6-19-10)17-12-11(14-13(17)18)9(2)15-16(12)3/h4-6,8H,7H2,1-3H3,(H,14,18). The highest BCUT2D eigenvalue weighted by molar-refractivity contribution is 7.71. The van der Waals surface area contributed by atoms with E-state index in [9.17, 15) is 0 Å². The number of hydrogen-bond acceptors (Lipinski definition) is 3. The van der Waals surface area contributed by atoms with Gasteiger partial charge in [0.05, 0.1) is 5.69 Å². The van der Waals surface area contributed by atoms with Crippen LogP contribution in [0.25, 0.3) is 11.2 Å². The molecule has 3 rings (SSSR count). The molecule has 3 aromatic heterocycles.